The quantitative estimate of drug-likeness (QED) is 0.0593. The second-order valence-corrected chi connectivity index (χ2v) is 11.9. The van der Waals surface area contributed by atoms with E-state index in [2.05, 4.69) is 19.2 Å². The van der Waals surface area contributed by atoms with Crippen LogP contribution in [0.25, 0.3) is 0 Å². The minimum absolute atomic E-state index is 0.0654. The highest BCUT2D eigenvalue weighted by Gasteiger charge is 2.17. The molecular formula is C35H69NO3. The molecule has 0 heterocycles. The highest BCUT2D eigenvalue weighted by Crippen LogP contribution is 2.14. The third kappa shape index (κ3) is 28.5. The van der Waals surface area contributed by atoms with Gasteiger partial charge < -0.3 is 15.5 Å². The summed E-state index contributed by atoms with van der Waals surface area (Å²) in [6, 6.07) is -0.613. The second-order valence-electron chi connectivity index (χ2n) is 11.9. The lowest BCUT2D eigenvalue weighted by Crippen LogP contribution is -2.45. The van der Waals surface area contributed by atoms with Gasteiger partial charge in [-0.1, -0.05) is 174 Å². The van der Waals surface area contributed by atoms with Gasteiger partial charge in [-0.2, -0.15) is 0 Å². The van der Waals surface area contributed by atoms with E-state index in [4.69, 9.17) is 0 Å². The molecule has 0 rings (SSSR count). The molecule has 0 saturated heterocycles. The van der Waals surface area contributed by atoms with Crippen LogP contribution in [0, 0.1) is 0 Å². The van der Waals surface area contributed by atoms with Crippen LogP contribution in [0.15, 0.2) is 12.2 Å². The smallest absolute Gasteiger partial charge is 0.220 e. The average Bonchev–Trinajstić information content (AvgIpc) is 2.94. The summed E-state index contributed by atoms with van der Waals surface area (Å²) in [5, 5.41) is 22.8. The zero-order chi connectivity index (χ0) is 28.7. The number of rotatable bonds is 31. The molecule has 0 unspecified atom stereocenters. The fourth-order valence-corrected chi connectivity index (χ4v) is 5.29. The standard InChI is InChI=1S/C35H69NO3/c1-3-5-7-9-11-13-15-16-17-18-19-21-22-24-26-28-30-34(38)33(32-37)36-35(39)31-29-27-25-23-20-14-12-10-8-6-4-2/h28,30,33-34,37-38H,3-27,29,31-32H2,1-2H3,(H,36,39)/b30-28+/t33-,34+/m0/s1. The first kappa shape index (κ1) is 38.1. The van der Waals surface area contributed by atoms with Crippen LogP contribution in [0.3, 0.4) is 0 Å². The maximum absolute atomic E-state index is 12.2. The van der Waals surface area contributed by atoms with E-state index >= 15 is 0 Å². The van der Waals surface area contributed by atoms with Crippen molar-refractivity contribution in [3.8, 4) is 0 Å². The summed E-state index contributed by atoms with van der Waals surface area (Å²) < 4.78 is 0. The number of amides is 1. The zero-order valence-corrected chi connectivity index (χ0v) is 26.4. The van der Waals surface area contributed by atoms with E-state index in [0.29, 0.717) is 6.42 Å². The largest absolute Gasteiger partial charge is 0.394 e. The van der Waals surface area contributed by atoms with Gasteiger partial charge in [-0.25, -0.2) is 0 Å². The highest BCUT2D eigenvalue weighted by molar-refractivity contribution is 5.76. The van der Waals surface area contributed by atoms with Crippen molar-refractivity contribution < 1.29 is 15.0 Å². The Bertz CT molecular complexity index is 522. The van der Waals surface area contributed by atoms with Crippen LogP contribution >= 0.6 is 0 Å². The number of carbonyl (C=O) groups is 1. The van der Waals surface area contributed by atoms with E-state index in [9.17, 15) is 15.0 Å². The Kier molecular flexibility index (Phi) is 30.9. The van der Waals surface area contributed by atoms with Gasteiger partial charge in [0.15, 0.2) is 0 Å². The minimum Gasteiger partial charge on any atom is -0.394 e. The van der Waals surface area contributed by atoms with E-state index in [1.165, 1.54) is 141 Å². The van der Waals surface area contributed by atoms with Crippen LogP contribution in [0.1, 0.15) is 187 Å². The Hall–Kier alpha value is -0.870. The lowest BCUT2D eigenvalue weighted by Gasteiger charge is -2.20. The molecule has 0 saturated carbocycles. The molecule has 232 valence electrons. The van der Waals surface area contributed by atoms with Gasteiger partial charge in [0.05, 0.1) is 18.8 Å². The Balaban J connectivity index is 3.61. The van der Waals surface area contributed by atoms with Gasteiger partial charge in [0, 0.05) is 6.42 Å². The molecule has 0 fully saturated rings. The molecule has 4 nitrogen and oxygen atoms in total. The van der Waals surface area contributed by atoms with E-state index in [-0.39, 0.29) is 12.5 Å². The molecule has 0 radical (unpaired) electrons. The van der Waals surface area contributed by atoms with E-state index in [1.54, 1.807) is 6.08 Å². The Labute approximate surface area is 244 Å². The van der Waals surface area contributed by atoms with Gasteiger partial charge in [-0.3, -0.25) is 4.79 Å². The lowest BCUT2D eigenvalue weighted by atomic mass is 10.0. The predicted molar refractivity (Wildman–Crippen MR) is 170 cm³/mol. The molecule has 0 aliphatic heterocycles. The Morgan fingerprint density at radius 1 is 0.590 bits per heavy atom. The Morgan fingerprint density at radius 3 is 1.33 bits per heavy atom. The van der Waals surface area contributed by atoms with Crippen molar-refractivity contribution in [2.75, 3.05) is 6.61 Å². The summed E-state index contributed by atoms with van der Waals surface area (Å²) in [5.41, 5.74) is 0. The van der Waals surface area contributed by atoms with Crippen LogP contribution < -0.4 is 5.32 Å². The van der Waals surface area contributed by atoms with Crippen molar-refractivity contribution in [1.29, 1.82) is 0 Å². The van der Waals surface area contributed by atoms with Gasteiger partial charge in [0.2, 0.25) is 5.91 Å². The molecule has 4 heteroatoms. The fourth-order valence-electron chi connectivity index (χ4n) is 5.29. The molecule has 39 heavy (non-hydrogen) atoms. The zero-order valence-electron chi connectivity index (χ0n) is 26.4. The summed E-state index contributed by atoms with van der Waals surface area (Å²) >= 11 is 0. The molecule has 0 aliphatic rings. The first-order valence-electron chi connectivity index (χ1n) is 17.4. The number of unbranched alkanes of at least 4 members (excludes halogenated alkanes) is 24. The first-order valence-corrected chi connectivity index (χ1v) is 17.4. The van der Waals surface area contributed by atoms with Gasteiger partial charge in [0.1, 0.15) is 0 Å². The Morgan fingerprint density at radius 2 is 0.949 bits per heavy atom. The number of aliphatic hydroxyl groups is 2. The highest BCUT2D eigenvalue weighted by atomic mass is 16.3. The predicted octanol–water partition coefficient (Wildman–Crippen LogP) is 9.95. The van der Waals surface area contributed by atoms with Crippen molar-refractivity contribution in [2.45, 2.75) is 199 Å². The molecule has 0 aliphatic carbocycles. The normalized spacial score (nSPS) is 13.2. The second kappa shape index (κ2) is 31.7. The number of aliphatic hydroxyl groups excluding tert-OH is 2. The maximum atomic E-state index is 12.2. The van der Waals surface area contributed by atoms with Crippen LogP contribution in [-0.2, 0) is 4.79 Å². The molecule has 0 aromatic rings. The average molecular weight is 552 g/mol. The van der Waals surface area contributed by atoms with Crippen LogP contribution in [-0.4, -0.2) is 34.9 Å². The molecule has 3 N–H and O–H groups in total. The fraction of sp³-hybridized carbons (Fsp3) is 0.914. The third-order valence-electron chi connectivity index (χ3n) is 8.02. The lowest BCUT2D eigenvalue weighted by molar-refractivity contribution is -0.123. The van der Waals surface area contributed by atoms with Crippen molar-refractivity contribution >= 4 is 5.91 Å². The molecule has 0 bridgehead atoms. The summed E-state index contributed by atoms with van der Waals surface area (Å²) in [6.45, 7) is 4.29. The van der Waals surface area contributed by atoms with E-state index in [0.717, 1.165) is 25.7 Å². The molecule has 0 aromatic carbocycles. The number of allylic oxidation sites excluding steroid dienone is 1. The molecule has 0 spiro atoms. The summed E-state index contributed by atoms with van der Waals surface area (Å²) in [6.07, 6.45) is 37.2. The van der Waals surface area contributed by atoms with Crippen molar-refractivity contribution in [3.63, 3.8) is 0 Å². The van der Waals surface area contributed by atoms with E-state index < -0.39 is 12.1 Å². The number of nitrogens with one attached hydrogen (secondary N) is 1. The maximum Gasteiger partial charge on any atom is 0.220 e. The minimum atomic E-state index is -0.831. The number of hydrogen-bond acceptors (Lipinski definition) is 3. The SMILES string of the molecule is CCCCCCCCCCCCCCCC/C=C/[C@@H](O)[C@H](CO)NC(=O)CCCCCCCCCCCCC. The van der Waals surface area contributed by atoms with Crippen molar-refractivity contribution in [3.05, 3.63) is 12.2 Å². The summed E-state index contributed by atoms with van der Waals surface area (Å²) in [4.78, 5) is 12.2. The van der Waals surface area contributed by atoms with Crippen LogP contribution in [0.4, 0.5) is 0 Å². The number of carbonyl (C=O) groups excluding carboxylic acids is 1. The van der Waals surface area contributed by atoms with Gasteiger partial charge in [-0.05, 0) is 19.3 Å². The van der Waals surface area contributed by atoms with Crippen LogP contribution in [0.2, 0.25) is 0 Å². The monoisotopic (exact) mass is 552 g/mol. The molecule has 2 atom stereocenters. The summed E-state index contributed by atoms with van der Waals surface area (Å²) in [5.74, 6) is -0.0654. The van der Waals surface area contributed by atoms with Gasteiger partial charge in [-0.15, -0.1) is 0 Å². The first-order chi connectivity index (χ1) is 19.2. The molecule has 0 aromatic heterocycles. The van der Waals surface area contributed by atoms with E-state index in [1.807, 2.05) is 6.08 Å². The third-order valence-corrected chi connectivity index (χ3v) is 8.02. The van der Waals surface area contributed by atoms with Crippen molar-refractivity contribution in [2.24, 2.45) is 0 Å². The van der Waals surface area contributed by atoms with Crippen LogP contribution in [0.5, 0.6) is 0 Å². The topological polar surface area (TPSA) is 69.6 Å². The number of hydrogen-bond donors (Lipinski definition) is 3. The van der Waals surface area contributed by atoms with Gasteiger partial charge >= 0.3 is 0 Å². The summed E-state index contributed by atoms with van der Waals surface area (Å²) in [7, 11) is 0. The molecular weight excluding hydrogens is 482 g/mol. The van der Waals surface area contributed by atoms with Crippen molar-refractivity contribution in [1.82, 2.24) is 5.32 Å². The van der Waals surface area contributed by atoms with Gasteiger partial charge in [0.25, 0.3) is 0 Å². The molecule has 1 amide bonds.